The summed E-state index contributed by atoms with van der Waals surface area (Å²) in [5.74, 6) is 3.94. The van der Waals surface area contributed by atoms with Crippen molar-refractivity contribution in [2.45, 2.75) is 6.92 Å². The standard InChI is InChI=1S/C16H18N8S/c1-11-20-16(25-21-11)23-8-12-6-22(7-13(12)9-23)14-5-15(18-10-17-14)24-4-2-3-19-24/h2-5,10,12-13H,6-9H2,1H3. The number of nitrogens with zero attached hydrogens (tertiary/aromatic N) is 8. The Morgan fingerprint density at radius 1 is 1.04 bits per heavy atom. The Labute approximate surface area is 149 Å². The number of anilines is 2. The predicted molar refractivity (Wildman–Crippen MR) is 95.2 cm³/mol. The van der Waals surface area contributed by atoms with E-state index >= 15 is 0 Å². The van der Waals surface area contributed by atoms with Crippen molar-refractivity contribution in [3.05, 3.63) is 36.7 Å². The van der Waals surface area contributed by atoms with E-state index in [-0.39, 0.29) is 0 Å². The second-order valence-electron chi connectivity index (χ2n) is 6.64. The molecule has 128 valence electrons. The van der Waals surface area contributed by atoms with Crippen molar-refractivity contribution >= 4 is 22.5 Å². The van der Waals surface area contributed by atoms with Crippen LogP contribution in [0.5, 0.6) is 0 Å². The van der Waals surface area contributed by atoms with E-state index in [1.165, 1.54) is 11.5 Å². The first-order valence-corrected chi connectivity index (χ1v) is 9.16. The van der Waals surface area contributed by atoms with Crippen LogP contribution in [0, 0.1) is 18.8 Å². The average molecular weight is 354 g/mol. The van der Waals surface area contributed by atoms with Gasteiger partial charge in [-0.05, 0) is 13.0 Å². The van der Waals surface area contributed by atoms with Crippen molar-refractivity contribution in [2.24, 2.45) is 11.8 Å². The summed E-state index contributed by atoms with van der Waals surface area (Å²) in [7, 11) is 0. The van der Waals surface area contributed by atoms with Gasteiger partial charge >= 0.3 is 0 Å². The second-order valence-corrected chi connectivity index (χ2v) is 7.37. The van der Waals surface area contributed by atoms with Crippen molar-refractivity contribution in [3.63, 3.8) is 0 Å². The smallest absolute Gasteiger partial charge is 0.205 e. The van der Waals surface area contributed by atoms with Crippen LogP contribution in [0.2, 0.25) is 0 Å². The maximum atomic E-state index is 4.53. The highest BCUT2D eigenvalue weighted by Gasteiger charge is 2.41. The van der Waals surface area contributed by atoms with Crippen molar-refractivity contribution in [3.8, 4) is 5.82 Å². The molecule has 2 unspecified atom stereocenters. The summed E-state index contributed by atoms with van der Waals surface area (Å²) in [5, 5.41) is 5.30. The Hall–Kier alpha value is -2.55. The number of aromatic nitrogens is 6. The zero-order chi connectivity index (χ0) is 16.8. The summed E-state index contributed by atoms with van der Waals surface area (Å²) < 4.78 is 6.07. The summed E-state index contributed by atoms with van der Waals surface area (Å²) in [6, 6.07) is 3.91. The Balaban J connectivity index is 1.31. The van der Waals surface area contributed by atoms with Gasteiger partial charge < -0.3 is 9.80 Å². The second kappa shape index (κ2) is 5.76. The lowest BCUT2D eigenvalue weighted by molar-refractivity contribution is 0.533. The first kappa shape index (κ1) is 14.8. The minimum absolute atomic E-state index is 0.646. The Bertz CT molecular complexity index is 862. The van der Waals surface area contributed by atoms with E-state index in [4.69, 9.17) is 0 Å². The van der Waals surface area contributed by atoms with Gasteiger partial charge in [-0.2, -0.15) is 9.47 Å². The average Bonchev–Trinajstić information content (AvgIpc) is 3.38. The molecule has 0 amide bonds. The first-order valence-electron chi connectivity index (χ1n) is 8.38. The van der Waals surface area contributed by atoms with Gasteiger partial charge in [-0.1, -0.05) is 0 Å². The Morgan fingerprint density at radius 3 is 2.48 bits per heavy atom. The van der Waals surface area contributed by atoms with E-state index in [9.17, 15) is 0 Å². The lowest BCUT2D eigenvalue weighted by Crippen LogP contribution is -2.29. The van der Waals surface area contributed by atoms with Crippen LogP contribution in [-0.2, 0) is 0 Å². The number of hydrogen-bond acceptors (Lipinski definition) is 8. The highest BCUT2D eigenvalue weighted by atomic mass is 32.1. The summed E-state index contributed by atoms with van der Waals surface area (Å²) in [5.41, 5.74) is 0. The zero-order valence-corrected chi connectivity index (χ0v) is 14.7. The molecule has 0 aromatic carbocycles. The quantitative estimate of drug-likeness (QED) is 0.703. The van der Waals surface area contributed by atoms with Gasteiger partial charge in [0.25, 0.3) is 0 Å². The molecule has 2 atom stereocenters. The van der Waals surface area contributed by atoms with Gasteiger partial charge in [-0.15, -0.1) is 0 Å². The summed E-state index contributed by atoms with van der Waals surface area (Å²) in [6.45, 7) is 6.09. The minimum Gasteiger partial charge on any atom is -0.356 e. The van der Waals surface area contributed by atoms with Gasteiger partial charge in [0.05, 0.1) is 0 Å². The van der Waals surface area contributed by atoms with Crippen molar-refractivity contribution in [1.29, 1.82) is 0 Å². The van der Waals surface area contributed by atoms with Gasteiger partial charge in [-0.3, -0.25) is 0 Å². The maximum absolute atomic E-state index is 4.53. The molecule has 0 aliphatic carbocycles. The monoisotopic (exact) mass is 354 g/mol. The third-order valence-electron chi connectivity index (χ3n) is 4.97. The third kappa shape index (κ3) is 2.64. The topological polar surface area (TPSA) is 75.9 Å². The summed E-state index contributed by atoms with van der Waals surface area (Å²) >= 11 is 1.50. The molecule has 0 radical (unpaired) electrons. The number of fused-ring (bicyclic) bond motifs is 1. The van der Waals surface area contributed by atoms with Gasteiger partial charge in [0, 0.05) is 68.0 Å². The highest BCUT2D eigenvalue weighted by Crippen LogP contribution is 2.36. The predicted octanol–water partition coefficient (Wildman–Crippen LogP) is 1.39. The van der Waals surface area contributed by atoms with Gasteiger partial charge in [0.15, 0.2) is 5.82 Å². The molecule has 2 saturated heterocycles. The van der Waals surface area contributed by atoms with Crippen LogP contribution in [0.25, 0.3) is 5.82 Å². The summed E-state index contributed by atoms with van der Waals surface area (Å²) in [6.07, 6.45) is 5.27. The van der Waals surface area contributed by atoms with E-state index in [1.807, 2.05) is 25.3 Å². The molecule has 5 rings (SSSR count). The van der Waals surface area contributed by atoms with Crippen molar-refractivity contribution < 1.29 is 0 Å². The van der Waals surface area contributed by atoms with Crippen LogP contribution in [-0.4, -0.2) is 55.3 Å². The van der Waals surface area contributed by atoms with Crippen LogP contribution in [0.1, 0.15) is 5.82 Å². The van der Waals surface area contributed by atoms with Crippen LogP contribution in [0.15, 0.2) is 30.9 Å². The van der Waals surface area contributed by atoms with E-state index in [0.717, 1.165) is 48.8 Å². The lowest BCUT2D eigenvalue weighted by Gasteiger charge is -2.22. The molecule has 5 heterocycles. The Morgan fingerprint density at radius 2 is 1.80 bits per heavy atom. The molecule has 0 spiro atoms. The van der Waals surface area contributed by atoms with Crippen molar-refractivity contribution in [2.75, 3.05) is 36.0 Å². The molecule has 2 aliphatic heterocycles. The SMILES string of the molecule is Cc1nsc(N2CC3CN(c4cc(-n5cccn5)ncn4)CC3C2)n1. The molecule has 9 heteroatoms. The van der Waals surface area contributed by atoms with Crippen LogP contribution in [0.4, 0.5) is 10.9 Å². The Kier molecular flexibility index (Phi) is 3.40. The number of rotatable bonds is 3. The molecule has 0 N–H and O–H groups in total. The molecule has 0 bridgehead atoms. The van der Waals surface area contributed by atoms with Gasteiger partial charge in [0.1, 0.15) is 18.0 Å². The van der Waals surface area contributed by atoms with Gasteiger partial charge in [0.2, 0.25) is 5.13 Å². The largest absolute Gasteiger partial charge is 0.356 e. The van der Waals surface area contributed by atoms with E-state index in [0.29, 0.717) is 11.8 Å². The zero-order valence-electron chi connectivity index (χ0n) is 13.9. The van der Waals surface area contributed by atoms with Crippen LogP contribution < -0.4 is 9.80 Å². The number of aryl methyl sites for hydroxylation is 1. The van der Waals surface area contributed by atoms with Crippen LogP contribution in [0.3, 0.4) is 0 Å². The minimum atomic E-state index is 0.646. The molecule has 2 aliphatic rings. The molecular formula is C16H18N8S. The van der Waals surface area contributed by atoms with E-state index < -0.39 is 0 Å². The third-order valence-corrected chi connectivity index (χ3v) is 5.84. The fourth-order valence-corrected chi connectivity index (χ4v) is 4.48. The molecule has 2 fully saturated rings. The molecular weight excluding hydrogens is 336 g/mol. The lowest BCUT2D eigenvalue weighted by atomic mass is 10.0. The molecule has 0 saturated carbocycles. The van der Waals surface area contributed by atoms with E-state index in [2.05, 4.69) is 34.2 Å². The summed E-state index contributed by atoms with van der Waals surface area (Å²) in [4.78, 5) is 18.1. The highest BCUT2D eigenvalue weighted by molar-refractivity contribution is 7.09. The fraction of sp³-hybridized carbons (Fsp3) is 0.438. The normalized spacial score (nSPS) is 22.6. The van der Waals surface area contributed by atoms with Gasteiger partial charge in [-0.25, -0.2) is 19.6 Å². The van der Waals surface area contributed by atoms with Crippen LogP contribution >= 0.6 is 11.5 Å². The fourth-order valence-electron chi connectivity index (χ4n) is 3.79. The van der Waals surface area contributed by atoms with Crippen molar-refractivity contribution in [1.82, 2.24) is 29.1 Å². The molecule has 25 heavy (non-hydrogen) atoms. The molecule has 3 aromatic rings. The molecule has 3 aromatic heterocycles. The maximum Gasteiger partial charge on any atom is 0.205 e. The number of hydrogen-bond donors (Lipinski definition) is 0. The molecule has 8 nitrogen and oxygen atoms in total. The first-order chi connectivity index (χ1) is 12.3. The van der Waals surface area contributed by atoms with E-state index in [1.54, 1.807) is 17.2 Å².